The van der Waals surface area contributed by atoms with Gasteiger partial charge in [0.25, 0.3) is 0 Å². The number of carbonyl (C=O) groups is 2. The molecule has 0 radical (unpaired) electrons. The number of benzene rings is 1. The molecular formula is C16H11NO4S. The Labute approximate surface area is 130 Å². The number of Topliss-reactive ketones (excluding diaryl/α,β-unsaturated/α-hetero) is 1. The average molecular weight is 313 g/mol. The molecule has 1 aromatic heterocycles. The maximum atomic E-state index is 12.2. The van der Waals surface area contributed by atoms with Gasteiger partial charge in [0, 0.05) is 5.56 Å². The van der Waals surface area contributed by atoms with Gasteiger partial charge in [-0.05, 0) is 23.6 Å². The van der Waals surface area contributed by atoms with E-state index in [-0.39, 0.29) is 11.4 Å². The van der Waals surface area contributed by atoms with Gasteiger partial charge in [0.05, 0.1) is 4.88 Å². The summed E-state index contributed by atoms with van der Waals surface area (Å²) >= 11 is 1.25. The number of rotatable bonds is 6. The Morgan fingerprint density at radius 1 is 1.27 bits per heavy atom. The Kier molecular flexibility index (Phi) is 5.07. The summed E-state index contributed by atoms with van der Waals surface area (Å²) in [5.74, 6) is -1.17. The minimum Gasteiger partial charge on any atom is -0.481 e. The number of nitriles is 1. The third-order valence-electron chi connectivity index (χ3n) is 2.68. The highest BCUT2D eigenvalue weighted by molar-refractivity contribution is 7.12. The molecule has 1 heterocycles. The molecule has 5 nitrogen and oxygen atoms in total. The fourth-order valence-corrected chi connectivity index (χ4v) is 2.39. The number of ether oxygens (including phenoxy) is 1. The van der Waals surface area contributed by atoms with E-state index in [1.807, 2.05) is 6.07 Å². The lowest BCUT2D eigenvalue weighted by Crippen LogP contribution is -2.10. The quantitative estimate of drug-likeness (QED) is 0.503. The second-order valence-corrected chi connectivity index (χ2v) is 5.14. The van der Waals surface area contributed by atoms with Crippen LogP contribution in [-0.4, -0.2) is 23.5 Å². The number of hydrogen-bond acceptors (Lipinski definition) is 5. The van der Waals surface area contributed by atoms with Gasteiger partial charge in [0.1, 0.15) is 17.4 Å². The molecule has 0 aliphatic rings. The van der Waals surface area contributed by atoms with E-state index in [0.717, 1.165) is 0 Å². The lowest BCUT2D eigenvalue weighted by molar-refractivity contribution is -0.139. The number of carbonyl (C=O) groups excluding carboxylic acids is 1. The summed E-state index contributed by atoms with van der Waals surface area (Å²) in [5, 5.41) is 19.6. The zero-order chi connectivity index (χ0) is 15.9. The molecular weight excluding hydrogens is 302 g/mol. The second-order valence-electron chi connectivity index (χ2n) is 4.20. The van der Waals surface area contributed by atoms with Gasteiger partial charge in [-0.1, -0.05) is 24.3 Å². The zero-order valence-electron chi connectivity index (χ0n) is 11.4. The van der Waals surface area contributed by atoms with Gasteiger partial charge in [0.2, 0.25) is 5.78 Å². The first-order valence-electron chi connectivity index (χ1n) is 6.25. The van der Waals surface area contributed by atoms with Crippen molar-refractivity contribution < 1.29 is 19.4 Å². The van der Waals surface area contributed by atoms with E-state index in [1.165, 1.54) is 17.4 Å². The smallest absolute Gasteiger partial charge is 0.341 e. The maximum absolute atomic E-state index is 12.2. The SMILES string of the molecule is N#C/C(=C\c1ccccc1OCC(=O)O)C(=O)c1cccs1. The summed E-state index contributed by atoms with van der Waals surface area (Å²) in [6, 6.07) is 11.9. The minimum absolute atomic E-state index is 0.0335. The van der Waals surface area contributed by atoms with E-state index < -0.39 is 12.6 Å². The number of ketones is 1. The van der Waals surface area contributed by atoms with Crippen molar-refractivity contribution in [1.29, 1.82) is 5.26 Å². The van der Waals surface area contributed by atoms with E-state index in [4.69, 9.17) is 9.84 Å². The molecule has 110 valence electrons. The van der Waals surface area contributed by atoms with Crippen LogP contribution in [0.5, 0.6) is 5.75 Å². The Balaban J connectivity index is 2.32. The van der Waals surface area contributed by atoms with Crippen molar-refractivity contribution in [3.63, 3.8) is 0 Å². The first-order valence-corrected chi connectivity index (χ1v) is 7.13. The van der Waals surface area contributed by atoms with Gasteiger partial charge in [-0.2, -0.15) is 5.26 Å². The van der Waals surface area contributed by atoms with Crippen LogP contribution in [0.4, 0.5) is 0 Å². The third kappa shape index (κ3) is 3.81. The van der Waals surface area contributed by atoms with Crippen LogP contribution in [-0.2, 0) is 4.79 Å². The van der Waals surface area contributed by atoms with Gasteiger partial charge >= 0.3 is 5.97 Å². The Morgan fingerprint density at radius 2 is 2.05 bits per heavy atom. The molecule has 2 aromatic rings. The van der Waals surface area contributed by atoms with Crippen molar-refractivity contribution in [2.24, 2.45) is 0 Å². The van der Waals surface area contributed by atoms with Crippen molar-refractivity contribution in [2.45, 2.75) is 0 Å². The third-order valence-corrected chi connectivity index (χ3v) is 3.55. The summed E-state index contributed by atoms with van der Waals surface area (Å²) in [4.78, 5) is 23.3. The molecule has 0 unspecified atom stereocenters. The molecule has 1 N–H and O–H groups in total. The Hall–Kier alpha value is -2.91. The summed E-state index contributed by atoms with van der Waals surface area (Å²) in [6.45, 7) is -0.494. The van der Waals surface area contributed by atoms with Gasteiger partial charge in [-0.25, -0.2) is 4.79 Å². The summed E-state index contributed by atoms with van der Waals surface area (Å²) in [5.41, 5.74) is 0.444. The monoisotopic (exact) mass is 313 g/mol. The van der Waals surface area contributed by atoms with Crippen molar-refractivity contribution in [1.82, 2.24) is 0 Å². The van der Waals surface area contributed by atoms with Crippen LogP contribution in [0.15, 0.2) is 47.4 Å². The first-order chi connectivity index (χ1) is 10.6. The number of carboxylic acid groups (broad SMARTS) is 1. The molecule has 0 aliphatic heterocycles. The highest BCUT2D eigenvalue weighted by atomic mass is 32.1. The maximum Gasteiger partial charge on any atom is 0.341 e. The lowest BCUT2D eigenvalue weighted by atomic mass is 10.1. The number of nitrogens with zero attached hydrogens (tertiary/aromatic N) is 1. The number of aliphatic carboxylic acids is 1. The fourth-order valence-electron chi connectivity index (χ4n) is 1.72. The molecule has 0 aliphatic carbocycles. The van der Waals surface area contributed by atoms with Crippen LogP contribution in [0.25, 0.3) is 6.08 Å². The zero-order valence-corrected chi connectivity index (χ0v) is 12.2. The van der Waals surface area contributed by atoms with E-state index in [9.17, 15) is 14.9 Å². The number of para-hydroxylation sites is 1. The molecule has 1 aromatic carbocycles. The topological polar surface area (TPSA) is 87.4 Å². The molecule has 0 amide bonds. The van der Waals surface area contributed by atoms with Gasteiger partial charge in [0.15, 0.2) is 6.61 Å². The van der Waals surface area contributed by atoms with Crippen molar-refractivity contribution in [3.8, 4) is 11.8 Å². The number of thiophene rings is 1. The summed E-state index contributed by atoms with van der Waals surface area (Å²) in [6.07, 6.45) is 1.40. The molecule has 0 saturated carbocycles. The van der Waals surface area contributed by atoms with Gasteiger partial charge in [-0.15, -0.1) is 11.3 Å². The minimum atomic E-state index is -1.10. The van der Waals surface area contributed by atoms with Crippen LogP contribution in [0, 0.1) is 11.3 Å². The lowest BCUT2D eigenvalue weighted by Gasteiger charge is -2.07. The highest BCUT2D eigenvalue weighted by Gasteiger charge is 2.14. The van der Waals surface area contributed by atoms with Crippen molar-refractivity contribution in [2.75, 3.05) is 6.61 Å². The highest BCUT2D eigenvalue weighted by Crippen LogP contribution is 2.23. The molecule has 0 atom stereocenters. The molecule has 0 spiro atoms. The number of hydrogen-bond donors (Lipinski definition) is 1. The Bertz CT molecular complexity index is 757. The van der Waals surface area contributed by atoms with Crippen LogP contribution < -0.4 is 4.74 Å². The predicted octanol–water partition coefficient (Wildman–Crippen LogP) is 3.00. The van der Waals surface area contributed by atoms with Gasteiger partial charge in [-0.3, -0.25) is 4.79 Å². The average Bonchev–Trinajstić information content (AvgIpc) is 3.05. The molecule has 0 fully saturated rings. The number of carboxylic acids is 1. The largest absolute Gasteiger partial charge is 0.481 e. The molecule has 22 heavy (non-hydrogen) atoms. The van der Waals surface area contributed by atoms with E-state index in [2.05, 4.69) is 0 Å². The van der Waals surface area contributed by atoms with Crippen LogP contribution in [0.3, 0.4) is 0 Å². The summed E-state index contributed by atoms with van der Waals surface area (Å²) in [7, 11) is 0. The molecule has 0 bridgehead atoms. The Morgan fingerprint density at radius 3 is 2.68 bits per heavy atom. The summed E-state index contributed by atoms with van der Waals surface area (Å²) < 4.78 is 5.15. The van der Waals surface area contributed by atoms with E-state index >= 15 is 0 Å². The molecule has 2 rings (SSSR count). The van der Waals surface area contributed by atoms with Crippen molar-refractivity contribution in [3.05, 3.63) is 57.8 Å². The molecule has 0 saturated heterocycles. The normalized spacial score (nSPS) is 10.8. The number of allylic oxidation sites excluding steroid dienone is 1. The standard InChI is InChI=1S/C16H11NO4S/c17-9-12(16(20)14-6-3-7-22-14)8-11-4-1-2-5-13(11)21-10-15(18)19/h1-8H,10H2,(H,18,19)/b12-8+. The van der Waals surface area contributed by atoms with Crippen molar-refractivity contribution >= 4 is 29.2 Å². The molecule has 6 heteroatoms. The van der Waals surface area contributed by atoms with E-state index in [1.54, 1.807) is 41.8 Å². The van der Waals surface area contributed by atoms with Crippen LogP contribution >= 0.6 is 11.3 Å². The second kappa shape index (κ2) is 7.20. The fraction of sp³-hybridized carbons (Fsp3) is 0.0625. The van der Waals surface area contributed by atoms with Gasteiger partial charge < -0.3 is 9.84 Å². The van der Waals surface area contributed by atoms with Crippen LogP contribution in [0.1, 0.15) is 15.2 Å². The van der Waals surface area contributed by atoms with Crippen LogP contribution in [0.2, 0.25) is 0 Å². The van der Waals surface area contributed by atoms with E-state index in [0.29, 0.717) is 16.2 Å². The predicted molar refractivity (Wildman–Crippen MR) is 81.8 cm³/mol. The first kappa shape index (κ1) is 15.5.